The molecule has 1 amide bonds. The summed E-state index contributed by atoms with van der Waals surface area (Å²) < 4.78 is 5.36. The predicted molar refractivity (Wildman–Crippen MR) is 126 cm³/mol. The third kappa shape index (κ3) is 4.66. The van der Waals surface area contributed by atoms with E-state index in [0.717, 1.165) is 23.2 Å². The highest BCUT2D eigenvalue weighted by Crippen LogP contribution is 2.40. The molecule has 1 aliphatic heterocycles. The number of rotatable bonds is 7. The Kier molecular flexibility index (Phi) is 7.26. The molecule has 0 saturated carbocycles. The number of methoxy groups -OCH3 is 1. The lowest BCUT2D eigenvalue weighted by atomic mass is 9.93. The highest BCUT2D eigenvalue weighted by molar-refractivity contribution is 6.46. The molecule has 170 valence electrons. The molecule has 6 nitrogen and oxygen atoms in total. The number of halogens is 1. The number of aliphatic hydroxyl groups is 1. The summed E-state index contributed by atoms with van der Waals surface area (Å²) in [7, 11) is 5.50. The molecule has 0 bridgehead atoms. The van der Waals surface area contributed by atoms with Gasteiger partial charge in [-0.3, -0.25) is 9.59 Å². The smallest absolute Gasteiger partial charge is 0.295 e. The number of hydrogen-bond donors (Lipinski definition) is 1. The van der Waals surface area contributed by atoms with Gasteiger partial charge in [0.2, 0.25) is 0 Å². The van der Waals surface area contributed by atoms with Gasteiger partial charge in [0.25, 0.3) is 11.7 Å². The van der Waals surface area contributed by atoms with E-state index in [1.807, 2.05) is 38.9 Å². The average molecular weight is 457 g/mol. The molecule has 1 N–H and O–H groups in total. The third-order valence-corrected chi connectivity index (χ3v) is 5.98. The van der Waals surface area contributed by atoms with Crippen molar-refractivity contribution in [3.8, 4) is 5.75 Å². The van der Waals surface area contributed by atoms with E-state index < -0.39 is 17.7 Å². The van der Waals surface area contributed by atoms with Crippen molar-refractivity contribution in [2.24, 2.45) is 0 Å². The van der Waals surface area contributed by atoms with Crippen LogP contribution in [-0.2, 0) is 9.59 Å². The quantitative estimate of drug-likeness (QED) is 0.381. The summed E-state index contributed by atoms with van der Waals surface area (Å²) in [5.41, 5.74) is 2.90. The first kappa shape index (κ1) is 23.8. The Balaban J connectivity index is 2.15. The van der Waals surface area contributed by atoms with E-state index in [9.17, 15) is 14.7 Å². The van der Waals surface area contributed by atoms with Gasteiger partial charge in [0.1, 0.15) is 11.5 Å². The molecule has 2 aromatic carbocycles. The summed E-state index contributed by atoms with van der Waals surface area (Å²) in [4.78, 5) is 29.7. The highest BCUT2D eigenvalue weighted by atomic mass is 35.5. The standard InChI is InChI=1S/C25H29ClN2O4/c1-15-14-20(32-5)16(2)13-19(15)23(29)21-22(17-7-9-18(26)10-8-17)28(25(31)24(21)30)12-6-11-27(3)4/h7-10,13-14,22,29H,6,11-12H2,1-5H3/b23-21+. The Morgan fingerprint density at radius 2 is 1.78 bits per heavy atom. The number of ether oxygens (including phenoxy) is 1. The number of ketones is 1. The Morgan fingerprint density at radius 1 is 1.12 bits per heavy atom. The van der Waals surface area contributed by atoms with Crippen molar-refractivity contribution >= 4 is 29.1 Å². The normalized spacial score (nSPS) is 18.0. The summed E-state index contributed by atoms with van der Waals surface area (Å²) in [5, 5.41) is 11.9. The van der Waals surface area contributed by atoms with E-state index in [4.69, 9.17) is 16.3 Å². The third-order valence-electron chi connectivity index (χ3n) is 5.73. The molecule has 0 aromatic heterocycles. The van der Waals surface area contributed by atoms with Gasteiger partial charge in [0.05, 0.1) is 18.7 Å². The molecule has 3 rings (SSSR count). The molecule has 0 aliphatic carbocycles. The number of nitrogens with zero attached hydrogens (tertiary/aromatic N) is 2. The second-order valence-corrected chi connectivity index (χ2v) is 8.77. The van der Waals surface area contributed by atoms with Crippen molar-refractivity contribution in [3.05, 3.63) is 69.2 Å². The van der Waals surface area contributed by atoms with Crippen molar-refractivity contribution < 1.29 is 19.4 Å². The zero-order valence-corrected chi connectivity index (χ0v) is 19.9. The zero-order chi connectivity index (χ0) is 23.6. The van der Waals surface area contributed by atoms with Crippen LogP contribution >= 0.6 is 11.6 Å². The summed E-state index contributed by atoms with van der Waals surface area (Å²) in [5.74, 6) is -0.771. The number of Topliss-reactive ketones (excluding diaryl/α,β-unsaturated/α-hetero) is 1. The van der Waals surface area contributed by atoms with Crippen molar-refractivity contribution in [1.29, 1.82) is 0 Å². The Morgan fingerprint density at radius 3 is 2.38 bits per heavy atom. The summed E-state index contributed by atoms with van der Waals surface area (Å²) >= 11 is 6.07. The molecule has 0 radical (unpaired) electrons. The lowest BCUT2D eigenvalue weighted by molar-refractivity contribution is -0.139. The number of amides is 1. The molecule has 1 heterocycles. The second-order valence-electron chi connectivity index (χ2n) is 8.34. The zero-order valence-electron chi connectivity index (χ0n) is 19.1. The van der Waals surface area contributed by atoms with E-state index >= 15 is 0 Å². The van der Waals surface area contributed by atoms with Gasteiger partial charge < -0.3 is 19.6 Å². The lowest BCUT2D eigenvalue weighted by Gasteiger charge is -2.26. The van der Waals surface area contributed by atoms with Crippen LogP contribution in [0, 0.1) is 13.8 Å². The van der Waals surface area contributed by atoms with E-state index in [2.05, 4.69) is 0 Å². The predicted octanol–water partition coefficient (Wildman–Crippen LogP) is 4.34. The van der Waals surface area contributed by atoms with E-state index in [-0.39, 0.29) is 11.3 Å². The van der Waals surface area contributed by atoms with Crippen LogP contribution in [-0.4, -0.2) is 60.9 Å². The molecular formula is C25H29ClN2O4. The molecular weight excluding hydrogens is 428 g/mol. The fourth-order valence-electron chi connectivity index (χ4n) is 4.07. The molecule has 7 heteroatoms. The minimum Gasteiger partial charge on any atom is -0.507 e. The monoisotopic (exact) mass is 456 g/mol. The van der Waals surface area contributed by atoms with Gasteiger partial charge in [-0.1, -0.05) is 23.7 Å². The summed E-state index contributed by atoms with van der Waals surface area (Å²) in [6, 6.07) is 9.93. The van der Waals surface area contributed by atoms with Gasteiger partial charge in [-0.05, 0) is 81.9 Å². The van der Waals surface area contributed by atoms with Gasteiger partial charge >= 0.3 is 0 Å². The molecule has 0 spiro atoms. The van der Waals surface area contributed by atoms with Crippen LogP contribution < -0.4 is 4.74 Å². The van der Waals surface area contributed by atoms with Gasteiger partial charge in [-0.2, -0.15) is 0 Å². The SMILES string of the molecule is COc1cc(C)c(/C(O)=C2\C(=O)C(=O)N(CCCN(C)C)C2c2ccc(Cl)cc2)cc1C. The molecule has 1 aliphatic rings. The topological polar surface area (TPSA) is 70.1 Å². The number of benzene rings is 2. The van der Waals surface area contributed by atoms with Crippen molar-refractivity contribution in [3.63, 3.8) is 0 Å². The molecule has 1 saturated heterocycles. The first-order chi connectivity index (χ1) is 15.1. The van der Waals surface area contributed by atoms with Crippen LogP contribution in [0.5, 0.6) is 5.75 Å². The minimum absolute atomic E-state index is 0.0924. The Labute approximate surface area is 194 Å². The van der Waals surface area contributed by atoms with Crippen molar-refractivity contribution in [2.45, 2.75) is 26.3 Å². The fourth-order valence-corrected chi connectivity index (χ4v) is 4.20. The first-order valence-electron chi connectivity index (χ1n) is 10.5. The van der Waals surface area contributed by atoms with Crippen LogP contribution in [0.2, 0.25) is 5.02 Å². The number of hydrogen-bond acceptors (Lipinski definition) is 5. The summed E-state index contributed by atoms with van der Waals surface area (Å²) in [6.45, 7) is 4.87. The number of carbonyl (C=O) groups is 2. The Hall–Kier alpha value is -2.83. The van der Waals surface area contributed by atoms with Crippen LogP contribution in [0.15, 0.2) is 42.0 Å². The number of carbonyl (C=O) groups excluding carboxylic acids is 2. The van der Waals surface area contributed by atoms with E-state index in [0.29, 0.717) is 29.3 Å². The van der Waals surface area contributed by atoms with Crippen LogP contribution in [0.3, 0.4) is 0 Å². The van der Waals surface area contributed by atoms with Gasteiger partial charge in [-0.25, -0.2) is 0 Å². The van der Waals surface area contributed by atoms with Gasteiger partial charge in [0, 0.05) is 17.1 Å². The Bertz CT molecular complexity index is 1060. The van der Waals surface area contributed by atoms with Crippen molar-refractivity contribution in [2.75, 3.05) is 34.3 Å². The van der Waals surface area contributed by atoms with Gasteiger partial charge in [0.15, 0.2) is 0 Å². The maximum absolute atomic E-state index is 13.1. The van der Waals surface area contributed by atoms with Crippen LogP contribution in [0.1, 0.15) is 34.7 Å². The largest absolute Gasteiger partial charge is 0.507 e. The molecule has 2 aromatic rings. The molecule has 1 unspecified atom stereocenters. The number of likely N-dealkylation sites (tertiary alicyclic amines) is 1. The molecule has 1 fully saturated rings. The first-order valence-corrected chi connectivity index (χ1v) is 10.9. The van der Waals surface area contributed by atoms with E-state index in [1.165, 1.54) is 0 Å². The fraction of sp³-hybridized carbons (Fsp3) is 0.360. The van der Waals surface area contributed by atoms with Gasteiger partial charge in [-0.15, -0.1) is 0 Å². The number of aryl methyl sites for hydroxylation is 2. The second kappa shape index (κ2) is 9.76. The van der Waals surface area contributed by atoms with Crippen LogP contribution in [0.4, 0.5) is 0 Å². The van der Waals surface area contributed by atoms with E-state index in [1.54, 1.807) is 42.3 Å². The number of aliphatic hydroxyl groups excluding tert-OH is 1. The molecule has 1 atom stereocenters. The van der Waals surface area contributed by atoms with Crippen LogP contribution in [0.25, 0.3) is 5.76 Å². The maximum Gasteiger partial charge on any atom is 0.295 e. The molecule has 32 heavy (non-hydrogen) atoms. The van der Waals surface area contributed by atoms with Crippen molar-refractivity contribution in [1.82, 2.24) is 9.80 Å². The highest BCUT2D eigenvalue weighted by Gasteiger charge is 2.45. The summed E-state index contributed by atoms with van der Waals surface area (Å²) in [6.07, 6.45) is 0.699. The maximum atomic E-state index is 13.1. The average Bonchev–Trinajstić information content (AvgIpc) is 3.00. The minimum atomic E-state index is -0.684. The lowest BCUT2D eigenvalue weighted by Crippen LogP contribution is -2.32.